The molecule has 1 fully saturated rings. The Balaban J connectivity index is 1.57. The largest absolute Gasteiger partial charge is 0.491 e. The smallest absolute Gasteiger partial charge is 0.292 e. The van der Waals surface area contributed by atoms with Crippen molar-refractivity contribution in [2.45, 2.75) is 45.8 Å². The average Bonchev–Trinajstić information content (AvgIpc) is 2.92. The first-order valence-electron chi connectivity index (χ1n) is 10.4. The van der Waals surface area contributed by atoms with Crippen LogP contribution < -0.4 is 9.64 Å². The number of rotatable bonds is 5. The number of nitrogens with zero attached hydrogens (tertiary/aromatic N) is 1. The van der Waals surface area contributed by atoms with E-state index >= 15 is 0 Å². The average molecular weight is 395 g/mol. The predicted molar refractivity (Wildman–Crippen MR) is 112 cm³/mol. The van der Waals surface area contributed by atoms with Crippen molar-refractivity contribution in [2.75, 3.05) is 31.3 Å². The van der Waals surface area contributed by atoms with Crippen molar-refractivity contribution in [2.24, 2.45) is 0 Å². The van der Waals surface area contributed by atoms with Gasteiger partial charge in [0.1, 0.15) is 12.4 Å². The van der Waals surface area contributed by atoms with Gasteiger partial charge in [0.25, 0.3) is 11.7 Å². The van der Waals surface area contributed by atoms with Crippen LogP contribution in [0, 0.1) is 13.8 Å². The second kappa shape index (κ2) is 7.81. The number of carbonyl (C=O) groups excluding carboxylic acids is 1. The van der Waals surface area contributed by atoms with E-state index < -0.39 is 5.79 Å². The van der Waals surface area contributed by atoms with Gasteiger partial charge >= 0.3 is 0 Å². The van der Waals surface area contributed by atoms with Crippen LogP contribution in [-0.4, -0.2) is 32.3 Å². The fourth-order valence-corrected chi connectivity index (χ4v) is 4.19. The van der Waals surface area contributed by atoms with E-state index in [9.17, 15) is 4.79 Å². The van der Waals surface area contributed by atoms with Gasteiger partial charge in [0.2, 0.25) is 0 Å². The first kappa shape index (κ1) is 19.9. The first-order chi connectivity index (χ1) is 13.9. The van der Waals surface area contributed by atoms with Crippen LogP contribution in [0.3, 0.4) is 0 Å². The van der Waals surface area contributed by atoms with Crippen molar-refractivity contribution in [3.05, 3.63) is 58.7 Å². The Morgan fingerprint density at radius 3 is 2.62 bits per heavy atom. The van der Waals surface area contributed by atoms with Crippen LogP contribution in [0.5, 0.6) is 5.75 Å². The quantitative estimate of drug-likeness (QED) is 0.751. The molecule has 0 bridgehead atoms. The molecule has 0 N–H and O–H groups in total. The molecule has 1 spiro atoms. The van der Waals surface area contributed by atoms with Crippen LogP contribution in [0.4, 0.5) is 5.69 Å². The summed E-state index contributed by atoms with van der Waals surface area (Å²) in [7, 11) is 0. The summed E-state index contributed by atoms with van der Waals surface area (Å²) >= 11 is 0. The summed E-state index contributed by atoms with van der Waals surface area (Å²) in [5.41, 5.74) is 5.06. The van der Waals surface area contributed by atoms with E-state index in [1.165, 1.54) is 5.56 Å². The molecular formula is C24H29NO4. The second-order valence-electron chi connectivity index (χ2n) is 8.14. The van der Waals surface area contributed by atoms with Crippen LogP contribution in [0.25, 0.3) is 0 Å². The number of aryl methyl sites for hydroxylation is 2. The molecule has 0 atom stereocenters. The molecule has 0 radical (unpaired) electrons. The van der Waals surface area contributed by atoms with Crippen molar-refractivity contribution < 1.29 is 19.0 Å². The van der Waals surface area contributed by atoms with Crippen LogP contribution in [0.2, 0.25) is 0 Å². The molecule has 0 aromatic heterocycles. The Kier molecular flexibility index (Phi) is 5.36. The maximum atomic E-state index is 13.4. The molecule has 5 nitrogen and oxygen atoms in total. The normalized spacial score (nSPS) is 17.8. The summed E-state index contributed by atoms with van der Waals surface area (Å²) in [6, 6.07) is 12.2. The molecule has 2 aromatic carbocycles. The van der Waals surface area contributed by atoms with Crippen molar-refractivity contribution >= 4 is 11.6 Å². The lowest BCUT2D eigenvalue weighted by Crippen LogP contribution is -2.48. The molecule has 0 saturated carbocycles. The highest BCUT2D eigenvalue weighted by molar-refractivity contribution is 6.06. The summed E-state index contributed by atoms with van der Waals surface area (Å²) in [5, 5.41) is 0. The van der Waals surface area contributed by atoms with E-state index in [4.69, 9.17) is 14.2 Å². The lowest BCUT2D eigenvalue weighted by molar-refractivity contribution is -0.256. The van der Waals surface area contributed by atoms with Crippen molar-refractivity contribution in [3.63, 3.8) is 0 Å². The molecule has 29 heavy (non-hydrogen) atoms. The van der Waals surface area contributed by atoms with Gasteiger partial charge in [-0.3, -0.25) is 4.79 Å². The highest BCUT2D eigenvalue weighted by atomic mass is 16.7. The minimum atomic E-state index is -1.30. The van der Waals surface area contributed by atoms with Gasteiger partial charge in [-0.1, -0.05) is 44.2 Å². The molecule has 0 aliphatic carbocycles. The molecule has 2 aliphatic rings. The molecule has 4 rings (SSSR count). The maximum absolute atomic E-state index is 13.4. The second-order valence-corrected chi connectivity index (χ2v) is 8.14. The Hall–Kier alpha value is -2.37. The number of amides is 1. The summed E-state index contributed by atoms with van der Waals surface area (Å²) in [6.45, 7) is 10.3. The van der Waals surface area contributed by atoms with E-state index in [1.807, 2.05) is 25.1 Å². The number of para-hydroxylation sites is 1. The van der Waals surface area contributed by atoms with Gasteiger partial charge in [-0.2, -0.15) is 0 Å². The summed E-state index contributed by atoms with van der Waals surface area (Å²) in [4.78, 5) is 15.1. The number of benzene rings is 2. The van der Waals surface area contributed by atoms with Crippen molar-refractivity contribution in [1.29, 1.82) is 0 Å². The number of hydrogen-bond acceptors (Lipinski definition) is 4. The fraction of sp³-hybridized carbons (Fsp3) is 0.458. The fourth-order valence-electron chi connectivity index (χ4n) is 4.19. The Bertz CT molecular complexity index is 915. The topological polar surface area (TPSA) is 48.0 Å². The third-order valence-corrected chi connectivity index (χ3v) is 5.65. The van der Waals surface area contributed by atoms with Gasteiger partial charge in [-0.25, -0.2) is 0 Å². The molecule has 2 heterocycles. The number of fused-ring (bicyclic) bond motifs is 2. The maximum Gasteiger partial charge on any atom is 0.292 e. The third-order valence-electron chi connectivity index (χ3n) is 5.65. The molecule has 0 unspecified atom stereocenters. The van der Waals surface area contributed by atoms with Gasteiger partial charge in [-0.15, -0.1) is 0 Å². The summed E-state index contributed by atoms with van der Waals surface area (Å²) < 4.78 is 18.0. The van der Waals surface area contributed by atoms with Gasteiger partial charge < -0.3 is 19.1 Å². The minimum Gasteiger partial charge on any atom is -0.491 e. The lowest BCUT2D eigenvalue weighted by atomic mass is 10.0. The Morgan fingerprint density at radius 1 is 1.14 bits per heavy atom. The van der Waals surface area contributed by atoms with Gasteiger partial charge in [-0.05, 0) is 48.9 Å². The number of carbonyl (C=O) groups is 1. The van der Waals surface area contributed by atoms with Crippen LogP contribution in [0.15, 0.2) is 36.4 Å². The zero-order valence-corrected chi connectivity index (χ0v) is 17.7. The zero-order chi connectivity index (χ0) is 20.6. The standard InChI is InChI=1S/C24H29NO4/c1-16(2)19-10-9-17(3)15-21(19)27-14-11-25-22-18(4)7-5-8-20(22)24(23(25)26)28-12-6-13-29-24/h5,7-10,15-16H,6,11-14H2,1-4H3. The summed E-state index contributed by atoms with van der Waals surface area (Å²) in [5.74, 6) is -0.198. The van der Waals surface area contributed by atoms with E-state index in [0.29, 0.717) is 32.3 Å². The van der Waals surface area contributed by atoms with Gasteiger partial charge in [0.15, 0.2) is 0 Å². The molecule has 5 heteroatoms. The van der Waals surface area contributed by atoms with E-state index in [-0.39, 0.29) is 5.91 Å². The van der Waals surface area contributed by atoms with Crippen molar-refractivity contribution in [3.8, 4) is 5.75 Å². The van der Waals surface area contributed by atoms with E-state index in [1.54, 1.807) is 4.90 Å². The molecular weight excluding hydrogens is 366 g/mol. The number of hydrogen-bond donors (Lipinski definition) is 0. The molecule has 1 amide bonds. The highest BCUT2D eigenvalue weighted by Gasteiger charge is 2.55. The molecule has 2 aromatic rings. The molecule has 154 valence electrons. The number of ether oxygens (including phenoxy) is 3. The lowest BCUT2D eigenvalue weighted by Gasteiger charge is -2.32. The SMILES string of the molecule is Cc1ccc(C(C)C)c(OCCN2C(=O)C3(OCCCO3)c3cccc(C)c32)c1. The Labute approximate surface area is 172 Å². The van der Waals surface area contributed by atoms with Crippen LogP contribution in [-0.2, 0) is 20.1 Å². The van der Waals surface area contributed by atoms with Crippen molar-refractivity contribution in [1.82, 2.24) is 0 Å². The minimum absolute atomic E-state index is 0.154. The highest BCUT2D eigenvalue weighted by Crippen LogP contribution is 2.46. The summed E-state index contributed by atoms with van der Waals surface area (Å²) in [6.07, 6.45) is 0.796. The third kappa shape index (κ3) is 3.43. The van der Waals surface area contributed by atoms with Gasteiger partial charge in [0.05, 0.1) is 25.4 Å². The van der Waals surface area contributed by atoms with Crippen LogP contribution in [0.1, 0.15) is 48.4 Å². The monoisotopic (exact) mass is 395 g/mol. The molecule has 2 aliphatic heterocycles. The molecule has 1 saturated heterocycles. The van der Waals surface area contributed by atoms with E-state index in [2.05, 4.69) is 39.0 Å². The van der Waals surface area contributed by atoms with Gasteiger partial charge in [0, 0.05) is 5.56 Å². The number of anilines is 1. The Morgan fingerprint density at radius 2 is 1.90 bits per heavy atom. The predicted octanol–water partition coefficient (Wildman–Crippen LogP) is 4.44. The zero-order valence-electron chi connectivity index (χ0n) is 17.7. The van der Waals surface area contributed by atoms with E-state index in [0.717, 1.165) is 34.5 Å². The van der Waals surface area contributed by atoms with Crippen LogP contribution >= 0.6 is 0 Å². The first-order valence-corrected chi connectivity index (χ1v) is 10.4.